The Labute approximate surface area is 390 Å². The molecule has 0 saturated carbocycles. The van der Waals surface area contributed by atoms with Crippen LogP contribution in [-0.2, 0) is 9.59 Å². The van der Waals surface area contributed by atoms with Crippen LogP contribution in [0, 0.1) is 26.6 Å². The van der Waals surface area contributed by atoms with E-state index in [0.717, 1.165) is 141 Å². The molecule has 0 radical (unpaired) electrons. The number of hydrogen-bond acceptors (Lipinski definition) is 12. The van der Waals surface area contributed by atoms with Gasteiger partial charge >= 0.3 is 0 Å². The number of rotatable bonds is 18. The van der Waals surface area contributed by atoms with Crippen LogP contribution < -0.4 is 25.8 Å². The number of aromatic nitrogens is 5. The molecule has 3 aliphatic heterocycles. The minimum atomic E-state index is -0.551. The normalized spacial score (nSPS) is 17.5. The van der Waals surface area contributed by atoms with E-state index in [1.807, 2.05) is 41.8 Å². The Balaban J connectivity index is 0.694. The molecule has 3 aromatic heterocycles. The number of nitrogens with zero attached hydrogens (tertiary/aromatic N) is 9. The van der Waals surface area contributed by atoms with E-state index < -0.39 is 6.04 Å². The molecule has 8 rings (SSSR count). The highest BCUT2D eigenvalue weighted by Gasteiger charge is 2.32. The molecule has 3 N–H and O–H groups in total. The number of aliphatic imine (C=N–C) groups is 1. The second-order valence-electron chi connectivity index (χ2n) is 17.3. The zero-order chi connectivity index (χ0) is 45.3. The Hall–Kier alpha value is -5.45. The van der Waals surface area contributed by atoms with Crippen molar-refractivity contribution < 1.29 is 14.0 Å². The number of carbonyl (C=O) groups excluding carboxylic acids is 2. The summed E-state index contributed by atoms with van der Waals surface area (Å²) in [5, 5.41) is 20.1. The fourth-order valence-corrected chi connectivity index (χ4v) is 10.4. The van der Waals surface area contributed by atoms with Gasteiger partial charge in [0.2, 0.25) is 11.8 Å². The van der Waals surface area contributed by atoms with Crippen molar-refractivity contribution in [1.82, 2.24) is 40.3 Å². The minimum Gasteiger partial charge on any atom is -0.369 e. The maximum atomic E-state index is 13.8. The predicted octanol–water partition coefficient (Wildman–Crippen LogP) is 7.59. The second-order valence-corrected chi connectivity index (χ2v) is 19.0. The summed E-state index contributed by atoms with van der Waals surface area (Å²) in [5.41, 5.74) is 4.80. The number of unbranched alkanes of at least 4 members (excludes halogenated alkanes) is 4. The van der Waals surface area contributed by atoms with Gasteiger partial charge in [0.05, 0.1) is 12.1 Å². The SMILES string of the molecule is Cc1sc2c(c1C)C(c1ccc(Cl)cc1)=N[C@@H](CC(=O)NCCNC(=O)CCCCCCCN1CCN(c3cc(N[C@@H]4CCCN(c5cccc(F)c5)C4)ncn3)CC1)c1nnc(C)n1-2. The van der Waals surface area contributed by atoms with Gasteiger partial charge in [-0.2, -0.15) is 0 Å². The van der Waals surface area contributed by atoms with Crippen LogP contribution in [0.4, 0.5) is 21.7 Å². The molecule has 2 amide bonds. The van der Waals surface area contributed by atoms with E-state index in [1.165, 1.54) is 10.9 Å². The number of nitrogens with one attached hydrogen (secondary N) is 3. The maximum Gasteiger partial charge on any atom is 0.222 e. The van der Waals surface area contributed by atoms with E-state index in [2.05, 4.69) is 70.7 Å². The standard InChI is InChI=1S/C48H60ClFN12O2S/c1-32-33(2)65-48-45(32)46(35-15-17-36(49)18-16-35)56-40(47-58-57-34(3)62(47)48)28-44(64)52-20-19-51-43(63)14-7-5-4-6-8-21-59-23-25-60(26-24-59)42-29-41(53-31-54-42)55-38-12-10-22-61(30-38)39-13-9-11-37(50)27-39/h9,11,13,15-18,27,29,31,38,40H,4-8,10,12,14,19-26,28,30H2,1-3H3,(H,51,63)(H,52,64)(H,53,54,55)/t38-,40+/m1/s1. The molecule has 65 heavy (non-hydrogen) atoms. The number of fused-ring (bicyclic) bond motifs is 3. The van der Waals surface area contributed by atoms with Gasteiger partial charge in [-0.15, -0.1) is 21.5 Å². The van der Waals surface area contributed by atoms with E-state index >= 15 is 0 Å². The monoisotopic (exact) mass is 922 g/mol. The quantitative estimate of drug-likeness (QED) is 0.0751. The van der Waals surface area contributed by atoms with Gasteiger partial charge in [0.15, 0.2) is 5.82 Å². The topological polar surface area (TPSA) is 149 Å². The molecule has 0 spiro atoms. The smallest absolute Gasteiger partial charge is 0.222 e. The largest absolute Gasteiger partial charge is 0.369 e. The van der Waals surface area contributed by atoms with Crippen LogP contribution in [0.3, 0.4) is 0 Å². The van der Waals surface area contributed by atoms with Gasteiger partial charge in [-0.3, -0.25) is 24.0 Å². The third-order valence-corrected chi connectivity index (χ3v) is 14.1. The third kappa shape index (κ3) is 11.7. The lowest BCUT2D eigenvalue weighted by atomic mass is 9.99. The summed E-state index contributed by atoms with van der Waals surface area (Å²) < 4.78 is 15.9. The summed E-state index contributed by atoms with van der Waals surface area (Å²) >= 11 is 7.91. The number of benzene rings is 2. The zero-order valence-corrected chi connectivity index (χ0v) is 39.2. The first-order valence-corrected chi connectivity index (χ1v) is 24.2. The summed E-state index contributed by atoms with van der Waals surface area (Å²) in [6, 6.07) is 16.2. The highest BCUT2D eigenvalue weighted by molar-refractivity contribution is 7.15. The Morgan fingerprint density at radius 1 is 0.862 bits per heavy atom. The summed E-state index contributed by atoms with van der Waals surface area (Å²) in [6.45, 7) is 13.4. The van der Waals surface area contributed by atoms with E-state index in [4.69, 9.17) is 16.6 Å². The lowest BCUT2D eigenvalue weighted by Crippen LogP contribution is -2.47. The lowest BCUT2D eigenvalue weighted by molar-refractivity contribution is -0.123. The van der Waals surface area contributed by atoms with Crippen LogP contribution in [0.1, 0.15) is 97.0 Å². The van der Waals surface area contributed by atoms with Gasteiger partial charge in [-0.25, -0.2) is 14.4 Å². The fourth-order valence-electron chi connectivity index (χ4n) is 9.03. The first-order valence-electron chi connectivity index (χ1n) is 23.1. The number of hydrogen-bond donors (Lipinski definition) is 3. The summed E-state index contributed by atoms with van der Waals surface area (Å²) in [4.78, 5) is 48.5. The fraction of sp³-hybridized carbons (Fsp3) is 0.479. The number of piperazine rings is 1. The summed E-state index contributed by atoms with van der Waals surface area (Å²) in [7, 11) is 0. The molecule has 2 aromatic carbocycles. The van der Waals surface area contributed by atoms with Crippen LogP contribution in [-0.4, -0.2) is 112 Å². The second kappa shape index (κ2) is 21.7. The summed E-state index contributed by atoms with van der Waals surface area (Å²) in [6.07, 6.45) is 9.54. The number of amides is 2. The first kappa shape index (κ1) is 46.1. The van der Waals surface area contributed by atoms with Crippen molar-refractivity contribution in [3.8, 4) is 5.00 Å². The molecular formula is C48H60ClFN12O2S. The molecule has 14 nitrogen and oxygen atoms in total. The predicted molar refractivity (Wildman–Crippen MR) is 258 cm³/mol. The first-order chi connectivity index (χ1) is 31.6. The number of piperidine rings is 1. The Kier molecular flexibility index (Phi) is 15.4. The van der Waals surface area contributed by atoms with E-state index in [0.29, 0.717) is 30.4 Å². The van der Waals surface area contributed by atoms with Gasteiger partial charge in [-0.05, 0) is 88.9 Å². The van der Waals surface area contributed by atoms with Crippen LogP contribution >= 0.6 is 22.9 Å². The number of aryl methyl sites for hydroxylation is 2. The number of carbonyl (C=O) groups is 2. The molecule has 2 atom stereocenters. The third-order valence-electron chi connectivity index (χ3n) is 12.7. The van der Waals surface area contributed by atoms with Crippen LogP contribution in [0.25, 0.3) is 5.00 Å². The van der Waals surface area contributed by atoms with Crippen LogP contribution in [0.2, 0.25) is 5.02 Å². The molecule has 0 bridgehead atoms. The van der Waals surface area contributed by atoms with Gasteiger partial charge in [0.1, 0.15) is 40.6 Å². The van der Waals surface area contributed by atoms with Gasteiger partial charge < -0.3 is 25.8 Å². The molecule has 6 heterocycles. The van der Waals surface area contributed by atoms with Crippen LogP contribution in [0.15, 0.2) is 65.9 Å². The molecular weight excluding hydrogens is 863 g/mol. The van der Waals surface area contributed by atoms with Crippen molar-refractivity contribution in [3.63, 3.8) is 0 Å². The van der Waals surface area contributed by atoms with Crippen molar-refractivity contribution >= 4 is 57.8 Å². The van der Waals surface area contributed by atoms with Crippen molar-refractivity contribution in [2.45, 2.75) is 90.6 Å². The molecule has 17 heteroatoms. The molecule has 0 aliphatic carbocycles. The van der Waals surface area contributed by atoms with Gasteiger partial charge in [-0.1, -0.05) is 49.1 Å². The Morgan fingerprint density at radius 3 is 2.43 bits per heavy atom. The summed E-state index contributed by atoms with van der Waals surface area (Å²) in [5.74, 6) is 2.78. The van der Waals surface area contributed by atoms with Gasteiger partial charge in [0, 0.05) is 97.6 Å². The van der Waals surface area contributed by atoms with E-state index in [9.17, 15) is 14.0 Å². The molecule has 344 valence electrons. The highest BCUT2D eigenvalue weighted by Crippen LogP contribution is 2.39. The molecule has 3 aliphatic rings. The van der Waals surface area contributed by atoms with E-state index in [1.54, 1.807) is 29.8 Å². The van der Waals surface area contributed by atoms with Crippen LogP contribution in [0.5, 0.6) is 0 Å². The lowest BCUT2D eigenvalue weighted by Gasteiger charge is -2.36. The van der Waals surface area contributed by atoms with Crippen molar-refractivity contribution in [2.75, 3.05) is 74.0 Å². The average molecular weight is 924 g/mol. The molecule has 0 unspecified atom stereocenters. The number of halogens is 2. The molecule has 2 saturated heterocycles. The van der Waals surface area contributed by atoms with Gasteiger partial charge in [0.25, 0.3) is 0 Å². The number of anilines is 3. The number of thiophene rings is 1. The Morgan fingerprint density at radius 2 is 1.63 bits per heavy atom. The maximum absolute atomic E-state index is 13.8. The van der Waals surface area contributed by atoms with Crippen molar-refractivity contribution in [3.05, 3.63) is 105 Å². The minimum absolute atomic E-state index is 0.00609. The van der Waals surface area contributed by atoms with Crippen molar-refractivity contribution in [2.24, 2.45) is 4.99 Å². The Bertz CT molecular complexity index is 2450. The molecule has 5 aromatic rings. The zero-order valence-electron chi connectivity index (χ0n) is 37.7. The molecule has 2 fully saturated rings. The van der Waals surface area contributed by atoms with Crippen molar-refractivity contribution in [1.29, 1.82) is 0 Å². The average Bonchev–Trinajstić information content (AvgIpc) is 3.79. The highest BCUT2D eigenvalue weighted by atomic mass is 35.5. The van der Waals surface area contributed by atoms with E-state index in [-0.39, 0.29) is 30.1 Å².